The van der Waals surface area contributed by atoms with Crippen LogP contribution in [0.5, 0.6) is 0 Å². The summed E-state index contributed by atoms with van der Waals surface area (Å²) < 4.78 is 30.4. The fourth-order valence-electron chi connectivity index (χ4n) is 9.97. The molecule has 9 nitrogen and oxygen atoms in total. The molecule has 3 atom stereocenters. The number of nitrogens with zero attached hydrogens (tertiary/aromatic N) is 1. The third kappa shape index (κ3) is 65.1. The number of allylic oxidation sites excluding steroid dienone is 17. The molecule has 0 fully saturated rings. The van der Waals surface area contributed by atoms with Crippen LogP contribution < -0.4 is 10.2 Å². The summed E-state index contributed by atoms with van der Waals surface area (Å²) >= 11 is 0. The number of carbonyl (C=O) groups excluding carboxylic acids is 2. The summed E-state index contributed by atoms with van der Waals surface area (Å²) in [5.41, 5.74) is 0. The Labute approximate surface area is 531 Å². The Kier molecular flexibility index (Phi) is 62.1. The highest BCUT2D eigenvalue weighted by atomic mass is 31.2. The van der Waals surface area contributed by atoms with Crippen LogP contribution in [0.1, 0.15) is 310 Å². The van der Waals surface area contributed by atoms with Gasteiger partial charge in [0.2, 0.25) is 5.91 Å². The first kappa shape index (κ1) is 82.7. The average Bonchev–Trinajstić information content (AvgIpc) is 3.69. The lowest BCUT2D eigenvalue weighted by Crippen LogP contribution is -2.47. The molecule has 1 amide bonds. The van der Waals surface area contributed by atoms with E-state index in [9.17, 15) is 19.0 Å². The van der Waals surface area contributed by atoms with Crippen LogP contribution in [-0.4, -0.2) is 69.4 Å². The Balaban J connectivity index is 5.11. The van der Waals surface area contributed by atoms with Gasteiger partial charge in [-0.2, -0.15) is 0 Å². The normalized spacial score (nSPS) is 14.2. The predicted molar refractivity (Wildman–Crippen MR) is 371 cm³/mol. The summed E-state index contributed by atoms with van der Waals surface area (Å²) in [7, 11) is 1.17. The van der Waals surface area contributed by atoms with Crippen LogP contribution >= 0.6 is 7.82 Å². The zero-order valence-corrected chi connectivity index (χ0v) is 57.6. The molecule has 0 spiro atoms. The van der Waals surface area contributed by atoms with Gasteiger partial charge in [0.25, 0.3) is 7.82 Å². The van der Waals surface area contributed by atoms with Crippen molar-refractivity contribution in [2.75, 3.05) is 40.9 Å². The van der Waals surface area contributed by atoms with Crippen LogP contribution in [0.15, 0.2) is 109 Å². The van der Waals surface area contributed by atoms with E-state index in [2.05, 4.69) is 123 Å². The summed E-state index contributed by atoms with van der Waals surface area (Å²) in [6.45, 7) is 6.71. The topological polar surface area (TPSA) is 114 Å². The molecule has 0 aliphatic rings. The van der Waals surface area contributed by atoms with Crippen molar-refractivity contribution in [1.82, 2.24) is 5.32 Å². The molecule has 0 aromatic heterocycles. The standard InChI is InChI=1S/C76H135N2O7P/c1-7-10-13-16-19-22-25-28-30-32-34-36-38-39-41-42-44-46-48-50-53-56-59-62-65-68-75(79)77-73(72-84-86(81,82)83-71-70-78(4,5)6)74(67-64-61-58-55-52-27-24-21-18-15-12-9-3)85-76(80)69-66-63-60-57-54-51-49-47-45-43-40-37-35-33-31-29-26-23-20-17-14-11-8-2/h10,13,19-20,22-23,28-31,34,36,39,41,44,46,64,67,73-74H,7-9,11-12,14-18,21,24-27,32-33,35,37-38,40,42-43,45,47-63,65-66,68-72H2,1-6H3,(H-,77,79,81,82)/b13-10-,22-19-,23-20-,30-28-,31-29-,36-34-,41-39-,46-44-,67-64+. The largest absolute Gasteiger partial charge is 0.756 e. The molecule has 0 aromatic carbocycles. The molecule has 1 N–H and O–H groups in total. The number of amides is 1. The highest BCUT2D eigenvalue weighted by Gasteiger charge is 2.27. The Morgan fingerprint density at radius 2 is 0.744 bits per heavy atom. The number of carbonyl (C=O) groups is 2. The highest BCUT2D eigenvalue weighted by Crippen LogP contribution is 2.38. The number of esters is 1. The maximum absolute atomic E-state index is 13.6. The molecule has 0 bridgehead atoms. The number of nitrogens with one attached hydrogen (secondary N) is 1. The Morgan fingerprint density at radius 3 is 1.14 bits per heavy atom. The molecule has 0 aliphatic heterocycles. The van der Waals surface area contributed by atoms with Crippen LogP contribution in [0.4, 0.5) is 0 Å². The van der Waals surface area contributed by atoms with Gasteiger partial charge in [0.1, 0.15) is 19.3 Å². The summed E-state index contributed by atoms with van der Waals surface area (Å²) in [6.07, 6.45) is 89.2. The zero-order valence-electron chi connectivity index (χ0n) is 56.7. The number of phosphoric ester groups is 1. The van der Waals surface area contributed by atoms with Crippen LogP contribution in [0, 0.1) is 0 Å². The SMILES string of the molecule is CC/C=C\C/C=C\C/C=C\C/C=C\C/C=C\C/C=C\CCCCCCCCC(=O)NC(COP(=O)([O-])OCC[N+](C)(C)C)C(/C=C/CCCCCCCCCCCC)OC(=O)CCCCCCCCCCCCCCC/C=C\C/C=C\CCCCC. The Morgan fingerprint density at radius 1 is 0.419 bits per heavy atom. The number of quaternary nitrogens is 1. The van der Waals surface area contributed by atoms with E-state index in [-0.39, 0.29) is 24.9 Å². The second-order valence-electron chi connectivity index (χ2n) is 25.0. The number of hydrogen-bond donors (Lipinski definition) is 1. The fourth-order valence-corrected chi connectivity index (χ4v) is 10.7. The van der Waals surface area contributed by atoms with Gasteiger partial charge < -0.3 is 28.5 Å². The van der Waals surface area contributed by atoms with Gasteiger partial charge in [-0.1, -0.05) is 291 Å². The number of unbranched alkanes of at least 4 members (excludes halogenated alkanes) is 32. The minimum Gasteiger partial charge on any atom is -0.756 e. The number of hydrogen-bond acceptors (Lipinski definition) is 7. The maximum atomic E-state index is 13.6. The van der Waals surface area contributed by atoms with E-state index in [1.54, 1.807) is 0 Å². The zero-order chi connectivity index (χ0) is 62.8. The van der Waals surface area contributed by atoms with Crippen molar-refractivity contribution in [2.45, 2.75) is 322 Å². The maximum Gasteiger partial charge on any atom is 0.306 e. The van der Waals surface area contributed by atoms with Gasteiger partial charge in [-0.05, 0) is 115 Å². The smallest absolute Gasteiger partial charge is 0.306 e. The number of rotatable bonds is 64. The van der Waals surface area contributed by atoms with E-state index in [0.717, 1.165) is 128 Å². The van der Waals surface area contributed by atoms with Crippen molar-refractivity contribution < 1.29 is 37.3 Å². The molecule has 0 radical (unpaired) electrons. The van der Waals surface area contributed by atoms with Crippen LogP contribution in [0.3, 0.4) is 0 Å². The van der Waals surface area contributed by atoms with E-state index in [0.29, 0.717) is 17.4 Å². The van der Waals surface area contributed by atoms with Gasteiger partial charge in [-0.15, -0.1) is 0 Å². The molecule has 496 valence electrons. The molecule has 0 heterocycles. The molecule has 10 heteroatoms. The van der Waals surface area contributed by atoms with Gasteiger partial charge in [-0.3, -0.25) is 14.2 Å². The van der Waals surface area contributed by atoms with Crippen molar-refractivity contribution in [3.63, 3.8) is 0 Å². The molecule has 0 aromatic rings. The van der Waals surface area contributed by atoms with E-state index in [1.807, 2.05) is 33.3 Å². The monoisotopic (exact) mass is 1220 g/mol. The van der Waals surface area contributed by atoms with E-state index in [4.69, 9.17) is 13.8 Å². The molecule has 0 rings (SSSR count). The van der Waals surface area contributed by atoms with Crippen molar-refractivity contribution in [2.24, 2.45) is 0 Å². The van der Waals surface area contributed by atoms with Crippen LogP contribution in [0.2, 0.25) is 0 Å². The van der Waals surface area contributed by atoms with E-state index < -0.39 is 26.6 Å². The number of phosphoric acid groups is 1. The lowest BCUT2D eigenvalue weighted by atomic mass is 10.0. The number of likely N-dealkylation sites (N-methyl/N-ethyl adjacent to an activating group) is 1. The lowest BCUT2D eigenvalue weighted by molar-refractivity contribution is -0.870. The number of ether oxygens (including phenoxy) is 1. The first-order valence-corrected chi connectivity index (χ1v) is 37.2. The van der Waals surface area contributed by atoms with Gasteiger partial charge >= 0.3 is 5.97 Å². The van der Waals surface area contributed by atoms with Crippen molar-refractivity contribution in [1.29, 1.82) is 0 Å². The highest BCUT2D eigenvalue weighted by molar-refractivity contribution is 7.45. The third-order valence-electron chi connectivity index (χ3n) is 15.4. The van der Waals surface area contributed by atoms with Crippen LogP contribution in [-0.2, 0) is 27.9 Å². The summed E-state index contributed by atoms with van der Waals surface area (Å²) in [5, 5.41) is 3.03. The second-order valence-corrected chi connectivity index (χ2v) is 26.4. The molecule has 86 heavy (non-hydrogen) atoms. The average molecular weight is 1220 g/mol. The minimum atomic E-state index is -4.72. The molecule has 3 unspecified atom stereocenters. The first-order valence-electron chi connectivity index (χ1n) is 35.7. The third-order valence-corrected chi connectivity index (χ3v) is 16.4. The fraction of sp³-hybridized carbons (Fsp3) is 0.737. The summed E-state index contributed by atoms with van der Waals surface area (Å²) in [4.78, 5) is 40.2. The van der Waals surface area contributed by atoms with Gasteiger partial charge in [0.05, 0.1) is 33.8 Å². The van der Waals surface area contributed by atoms with Crippen molar-refractivity contribution >= 4 is 19.7 Å². The quantitative estimate of drug-likeness (QED) is 0.0212. The van der Waals surface area contributed by atoms with Crippen molar-refractivity contribution in [3.05, 3.63) is 109 Å². The van der Waals surface area contributed by atoms with Crippen molar-refractivity contribution in [3.8, 4) is 0 Å². The molecule has 0 saturated heterocycles. The Hall–Kier alpha value is -3.33. The lowest BCUT2D eigenvalue weighted by Gasteiger charge is -2.30. The Bertz CT molecular complexity index is 1840. The summed E-state index contributed by atoms with van der Waals surface area (Å²) in [6, 6.07) is -0.904. The second kappa shape index (κ2) is 64.6. The van der Waals surface area contributed by atoms with Crippen LogP contribution in [0.25, 0.3) is 0 Å². The van der Waals surface area contributed by atoms with Gasteiger partial charge in [-0.25, -0.2) is 0 Å². The van der Waals surface area contributed by atoms with Gasteiger partial charge in [0.15, 0.2) is 0 Å². The molecule has 0 aliphatic carbocycles. The molecular weight excluding hydrogens is 1080 g/mol. The molecular formula is C76H135N2O7P. The summed E-state index contributed by atoms with van der Waals surface area (Å²) in [5.74, 6) is -0.557. The molecule has 0 saturated carbocycles. The van der Waals surface area contributed by atoms with Gasteiger partial charge in [0, 0.05) is 12.8 Å². The minimum absolute atomic E-state index is 0.0300. The van der Waals surface area contributed by atoms with E-state index >= 15 is 0 Å². The first-order chi connectivity index (χ1) is 41.9. The van der Waals surface area contributed by atoms with E-state index in [1.165, 1.54) is 148 Å². The predicted octanol–water partition coefficient (Wildman–Crippen LogP) is 22.2.